The van der Waals surface area contributed by atoms with E-state index in [1.807, 2.05) is 0 Å². The van der Waals surface area contributed by atoms with E-state index in [0.717, 1.165) is 0 Å². The van der Waals surface area contributed by atoms with Gasteiger partial charge in [0.1, 0.15) is 6.61 Å². The Bertz CT molecular complexity index is 775. The second kappa shape index (κ2) is 9.56. The van der Waals surface area contributed by atoms with E-state index in [1.54, 1.807) is 30.3 Å². The number of amides is 2. The standard InChI is InChI=1S/C17H16BrF3N2O4/c18-14-6-5-13(27-14)16(25)23-12-3-1-11(2-4-12)9-15(24)22-7-8-26-10-17(19,20)21/h1-6H,7-10H2,(H,22,24)(H,23,25). The lowest BCUT2D eigenvalue weighted by atomic mass is 10.1. The topological polar surface area (TPSA) is 80.6 Å². The first-order chi connectivity index (χ1) is 12.7. The van der Waals surface area contributed by atoms with Crippen molar-refractivity contribution < 1.29 is 31.9 Å². The molecule has 2 N–H and O–H groups in total. The summed E-state index contributed by atoms with van der Waals surface area (Å²) in [4.78, 5) is 23.7. The first-order valence-corrected chi connectivity index (χ1v) is 8.59. The Morgan fingerprint density at radius 3 is 2.41 bits per heavy atom. The summed E-state index contributed by atoms with van der Waals surface area (Å²) in [5, 5.41) is 5.12. The number of benzene rings is 1. The molecule has 146 valence electrons. The van der Waals surface area contributed by atoms with Crippen molar-refractivity contribution >= 4 is 33.4 Å². The second-order valence-electron chi connectivity index (χ2n) is 5.45. The zero-order valence-electron chi connectivity index (χ0n) is 13.9. The molecule has 0 unspecified atom stereocenters. The third-order valence-corrected chi connectivity index (χ3v) is 3.63. The normalized spacial score (nSPS) is 11.3. The molecule has 10 heteroatoms. The highest BCUT2D eigenvalue weighted by Gasteiger charge is 2.27. The summed E-state index contributed by atoms with van der Waals surface area (Å²) in [6.07, 6.45) is -4.33. The van der Waals surface area contributed by atoms with Gasteiger partial charge in [0.25, 0.3) is 5.91 Å². The predicted molar refractivity (Wildman–Crippen MR) is 94.4 cm³/mol. The minimum absolute atomic E-state index is 0.0121. The number of carbonyl (C=O) groups excluding carboxylic acids is 2. The van der Waals surface area contributed by atoms with E-state index in [2.05, 4.69) is 31.3 Å². The predicted octanol–water partition coefficient (Wildman–Crippen LogP) is 3.53. The van der Waals surface area contributed by atoms with Gasteiger partial charge in [-0.05, 0) is 45.8 Å². The van der Waals surface area contributed by atoms with Crippen LogP contribution in [0.25, 0.3) is 0 Å². The third-order valence-electron chi connectivity index (χ3n) is 3.21. The molecule has 0 atom stereocenters. The average Bonchev–Trinajstić information content (AvgIpc) is 3.02. The summed E-state index contributed by atoms with van der Waals surface area (Å²) in [6, 6.07) is 9.71. The fraction of sp³-hybridized carbons (Fsp3) is 0.294. The molecule has 1 aromatic heterocycles. The summed E-state index contributed by atoms with van der Waals surface area (Å²) >= 11 is 3.11. The second-order valence-corrected chi connectivity index (χ2v) is 6.23. The summed E-state index contributed by atoms with van der Waals surface area (Å²) in [5.41, 5.74) is 1.21. The zero-order valence-corrected chi connectivity index (χ0v) is 15.5. The van der Waals surface area contributed by atoms with E-state index in [-0.39, 0.29) is 31.2 Å². The van der Waals surface area contributed by atoms with Gasteiger partial charge in [0.05, 0.1) is 13.0 Å². The van der Waals surface area contributed by atoms with Crippen molar-refractivity contribution in [2.24, 2.45) is 0 Å². The molecule has 2 amide bonds. The van der Waals surface area contributed by atoms with Crippen LogP contribution in [-0.4, -0.2) is 37.7 Å². The lowest BCUT2D eigenvalue weighted by Gasteiger charge is -2.09. The Hall–Kier alpha value is -2.33. The maximum absolute atomic E-state index is 12.0. The van der Waals surface area contributed by atoms with Crippen LogP contribution in [0.4, 0.5) is 18.9 Å². The van der Waals surface area contributed by atoms with Crippen LogP contribution in [0.5, 0.6) is 0 Å². The molecule has 6 nitrogen and oxygen atoms in total. The Labute approximate surface area is 161 Å². The van der Waals surface area contributed by atoms with Crippen LogP contribution in [0.1, 0.15) is 16.1 Å². The molecule has 0 aliphatic heterocycles. The molecule has 0 spiro atoms. The number of furan rings is 1. The van der Waals surface area contributed by atoms with Gasteiger partial charge in [0.2, 0.25) is 5.91 Å². The van der Waals surface area contributed by atoms with Gasteiger partial charge in [-0.3, -0.25) is 9.59 Å². The molecule has 1 heterocycles. The summed E-state index contributed by atoms with van der Waals surface area (Å²) in [5.74, 6) is -0.606. The van der Waals surface area contributed by atoms with Crippen molar-refractivity contribution in [1.29, 1.82) is 0 Å². The molecule has 2 rings (SSSR count). The van der Waals surface area contributed by atoms with E-state index < -0.39 is 18.7 Å². The van der Waals surface area contributed by atoms with Crippen LogP contribution < -0.4 is 10.6 Å². The summed E-state index contributed by atoms with van der Waals surface area (Å²) in [7, 11) is 0. The van der Waals surface area contributed by atoms with E-state index >= 15 is 0 Å². The average molecular weight is 449 g/mol. The van der Waals surface area contributed by atoms with Crippen LogP contribution >= 0.6 is 15.9 Å². The maximum Gasteiger partial charge on any atom is 0.411 e. The smallest absolute Gasteiger partial charge is 0.411 e. The number of hydrogen-bond acceptors (Lipinski definition) is 4. The Balaban J connectivity index is 1.73. The van der Waals surface area contributed by atoms with Gasteiger partial charge in [-0.15, -0.1) is 0 Å². The molecule has 0 aliphatic carbocycles. The number of anilines is 1. The van der Waals surface area contributed by atoms with Gasteiger partial charge < -0.3 is 19.8 Å². The molecule has 2 aromatic rings. The highest BCUT2D eigenvalue weighted by atomic mass is 79.9. The molecule has 1 aromatic carbocycles. The monoisotopic (exact) mass is 448 g/mol. The van der Waals surface area contributed by atoms with Gasteiger partial charge in [-0.1, -0.05) is 12.1 Å². The van der Waals surface area contributed by atoms with Crippen molar-refractivity contribution in [2.75, 3.05) is 25.1 Å². The van der Waals surface area contributed by atoms with Gasteiger partial charge in [-0.25, -0.2) is 0 Å². The Morgan fingerprint density at radius 1 is 1.11 bits per heavy atom. The number of alkyl halides is 3. The third kappa shape index (κ3) is 7.83. The van der Waals surface area contributed by atoms with Gasteiger partial charge in [0, 0.05) is 12.2 Å². The molecule has 0 aliphatic rings. The van der Waals surface area contributed by atoms with Crippen LogP contribution in [0, 0.1) is 0 Å². The fourth-order valence-corrected chi connectivity index (χ4v) is 2.34. The molecular weight excluding hydrogens is 433 g/mol. The largest absolute Gasteiger partial charge is 0.444 e. The zero-order chi connectivity index (χ0) is 19.9. The molecule has 27 heavy (non-hydrogen) atoms. The number of carbonyl (C=O) groups is 2. The summed E-state index contributed by atoms with van der Waals surface area (Å²) in [6.45, 7) is -1.58. The van der Waals surface area contributed by atoms with E-state index in [0.29, 0.717) is 15.9 Å². The quantitative estimate of drug-likeness (QED) is 0.605. The fourth-order valence-electron chi connectivity index (χ4n) is 2.03. The molecule has 0 radical (unpaired) electrons. The minimum Gasteiger partial charge on any atom is -0.444 e. The lowest BCUT2D eigenvalue weighted by Crippen LogP contribution is -2.30. The number of hydrogen-bond donors (Lipinski definition) is 2. The molecule has 0 saturated heterocycles. The van der Waals surface area contributed by atoms with Crippen LogP contribution in [0.2, 0.25) is 0 Å². The van der Waals surface area contributed by atoms with Crippen molar-refractivity contribution in [3.63, 3.8) is 0 Å². The molecule has 0 fully saturated rings. The van der Waals surface area contributed by atoms with Crippen molar-refractivity contribution in [3.8, 4) is 0 Å². The van der Waals surface area contributed by atoms with Crippen molar-refractivity contribution in [2.45, 2.75) is 12.6 Å². The maximum atomic E-state index is 12.0. The van der Waals surface area contributed by atoms with Crippen LogP contribution in [0.15, 0.2) is 45.5 Å². The molecular formula is C17H16BrF3N2O4. The number of nitrogens with one attached hydrogen (secondary N) is 2. The van der Waals surface area contributed by atoms with E-state index in [1.165, 1.54) is 6.07 Å². The molecule has 0 bridgehead atoms. The van der Waals surface area contributed by atoms with Crippen molar-refractivity contribution in [1.82, 2.24) is 5.32 Å². The molecule has 0 saturated carbocycles. The highest BCUT2D eigenvalue weighted by Crippen LogP contribution is 2.17. The first-order valence-electron chi connectivity index (χ1n) is 7.80. The minimum atomic E-state index is -4.38. The Morgan fingerprint density at radius 2 is 1.81 bits per heavy atom. The van der Waals surface area contributed by atoms with E-state index in [9.17, 15) is 22.8 Å². The van der Waals surface area contributed by atoms with Crippen molar-refractivity contribution in [3.05, 3.63) is 52.4 Å². The van der Waals surface area contributed by atoms with Gasteiger partial charge in [0.15, 0.2) is 10.4 Å². The SMILES string of the molecule is O=C(Cc1ccc(NC(=O)c2ccc(Br)o2)cc1)NCCOCC(F)(F)F. The number of ether oxygens (including phenoxy) is 1. The van der Waals surface area contributed by atoms with Crippen LogP contribution in [-0.2, 0) is 16.0 Å². The first kappa shape index (κ1) is 21.0. The van der Waals surface area contributed by atoms with E-state index in [4.69, 9.17) is 4.42 Å². The van der Waals surface area contributed by atoms with Gasteiger partial charge in [-0.2, -0.15) is 13.2 Å². The van der Waals surface area contributed by atoms with Gasteiger partial charge >= 0.3 is 6.18 Å². The number of rotatable bonds is 8. The van der Waals surface area contributed by atoms with Crippen LogP contribution in [0.3, 0.4) is 0 Å². The number of halogens is 4. The summed E-state index contributed by atoms with van der Waals surface area (Å²) < 4.78 is 45.7. The Kier molecular flexibility index (Phi) is 7.43. The lowest BCUT2D eigenvalue weighted by molar-refractivity contribution is -0.173. The highest BCUT2D eigenvalue weighted by molar-refractivity contribution is 9.10.